The monoisotopic (exact) mass is 195 g/mol. The van der Waals surface area contributed by atoms with E-state index >= 15 is 0 Å². The van der Waals surface area contributed by atoms with Crippen LogP contribution in [0.5, 0.6) is 0 Å². The Kier molecular flexibility index (Phi) is 1.62. The highest BCUT2D eigenvalue weighted by Crippen LogP contribution is 2.30. The van der Waals surface area contributed by atoms with Gasteiger partial charge in [0.25, 0.3) is 0 Å². The van der Waals surface area contributed by atoms with Gasteiger partial charge < -0.3 is 0 Å². The zero-order valence-electron chi connectivity index (χ0n) is 11.7. The summed E-state index contributed by atoms with van der Waals surface area (Å²) in [6, 6.07) is -0.966. The van der Waals surface area contributed by atoms with Gasteiger partial charge in [0.05, 0.1) is 16.8 Å². The molecule has 4 heteroatoms. The zero-order chi connectivity index (χ0) is 13.3. The molecule has 1 unspecified atom stereocenters. The van der Waals surface area contributed by atoms with E-state index in [2.05, 4.69) is 10.3 Å². The molecule has 14 heavy (non-hydrogen) atoms. The van der Waals surface area contributed by atoms with Gasteiger partial charge in [0.2, 0.25) is 0 Å². The second-order valence-electron chi connectivity index (χ2n) is 3.26. The average molecular weight is 195 g/mol. The molecule has 1 atom stereocenters. The first-order valence-corrected chi connectivity index (χ1v) is 4.60. The van der Waals surface area contributed by atoms with Crippen LogP contribution < -0.4 is 0 Å². The number of aromatic nitrogens is 1. The summed E-state index contributed by atoms with van der Waals surface area (Å²) in [4.78, 5) is 14.4. The van der Waals surface area contributed by atoms with Crippen molar-refractivity contribution in [1.82, 2.24) is 9.99 Å². The average Bonchev–Trinajstić information content (AvgIpc) is 2.37. The van der Waals surface area contributed by atoms with Crippen molar-refractivity contribution in [3.8, 4) is 0 Å². The molecule has 0 spiro atoms. The van der Waals surface area contributed by atoms with Gasteiger partial charge in [0.1, 0.15) is 0 Å². The fourth-order valence-corrected chi connectivity index (χ4v) is 1.70. The van der Waals surface area contributed by atoms with Crippen LogP contribution in [0.3, 0.4) is 0 Å². The summed E-state index contributed by atoms with van der Waals surface area (Å²) in [5, 5.41) is 4.23. The third-order valence-electron chi connectivity index (χ3n) is 2.40. The van der Waals surface area contributed by atoms with E-state index in [1.54, 1.807) is 0 Å². The van der Waals surface area contributed by atoms with Crippen molar-refractivity contribution in [3.63, 3.8) is 0 Å². The molecule has 1 saturated heterocycles. The molecule has 0 radical (unpaired) electrons. The largest absolute Gasteiger partial charge is 0.264 e. The molecule has 1 aromatic heterocycles. The molecule has 74 valence electrons. The number of rotatable bonds is 2. The third-order valence-corrected chi connectivity index (χ3v) is 2.40. The van der Waals surface area contributed by atoms with Gasteiger partial charge in [-0.3, -0.25) is 9.99 Å². The van der Waals surface area contributed by atoms with E-state index in [1.165, 1.54) is 5.01 Å². The van der Waals surface area contributed by atoms with E-state index in [0.717, 1.165) is 12.8 Å². The summed E-state index contributed by atoms with van der Waals surface area (Å²) < 4.78 is 30.5. The number of piperidine rings is 1. The Morgan fingerprint density at radius 1 is 1.64 bits per heavy atom. The first-order valence-electron chi connectivity index (χ1n) is 6.60. The summed E-state index contributed by atoms with van der Waals surface area (Å²) in [6.45, 7) is 0.489. The van der Waals surface area contributed by atoms with Crippen molar-refractivity contribution in [3.05, 3.63) is 34.9 Å². The molecule has 2 rings (SSSR count). The maximum Gasteiger partial charge on any atom is 0.0844 e. The number of nitrogens with zero attached hydrogens (tertiary/aromatic N) is 3. The normalized spacial score (nSPS) is 26.0. The quantitative estimate of drug-likeness (QED) is 0.680. The number of hydrogen-bond donors (Lipinski definition) is 0. The van der Waals surface area contributed by atoms with E-state index in [4.69, 9.17) is 5.48 Å². The molecule has 4 nitrogen and oxygen atoms in total. The SMILES string of the molecule is [2H]c1nc([2H])c(C2CCCCN2N=O)c([2H])c1[2H]. The Morgan fingerprint density at radius 3 is 3.43 bits per heavy atom. The van der Waals surface area contributed by atoms with E-state index in [9.17, 15) is 4.91 Å². The summed E-state index contributed by atoms with van der Waals surface area (Å²) >= 11 is 0. The lowest BCUT2D eigenvalue weighted by molar-refractivity contribution is 0.152. The number of hydrogen-bond acceptors (Lipinski definition) is 3. The molecular weight excluding hydrogens is 178 g/mol. The van der Waals surface area contributed by atoms with Crippen molar-refractivity contribution >= 4 is 0 Å². The van der Waals surface area contributed by atoms with Crippen LogP contribution in [0.1, 0.15) is 36.4 Å². The lowest BCUT2D eigenvalue weighted by Gasteiger charge is -2.30. The van der Waals surface area contributed by atoms with Gasteiger partial charge in [0, 0.05) is 18.9 Å². The minimum Gasteiger partial charge on any atom is -0.264 e. The number of nitroso groups, excluding NO2 is 1. The minimum absolute atomic E-state index is 0.194. The molecule has 0 amide bonds. The fourth-order valence-electron chi connectivity index (χ4n) is 1.70. The third kappa shape index (κ3) is 1.73. The Hall–Kier alpha value is -1.45. The van der Waals surface area contributed by atoms with Gasteiger partial charge in [-0.05, 0) is 30.9 Å². The van der Waals surface area contributed by atoms with Crippen LogP contribution in [-0.4, -0.2) is 16.5 Å². The molecule has 0 bridgehead atoms. The highest BCUT2D eigenvalue weighted by Gasteiger charge is 2.23. The maximum absolute atomic E-state index is 10.8. The predicted octanol–water partition coefficient (Wildman–Crippen LogP) is 2.29. The van der Waals surface area contributed by atoms with Crippen molar-refractivity contribution in [2.24, 2.45) is 5.29 Å². The Balaban J connectivity index is 2.49. The molecule has 1 fully saturated rings. The maximum atomic E-state index is 10.8. The van der Waals surface area contributed by atoms with Gasteiger partial charge in [-0.25, -0.2) is 0 Å². The van der Waals surface area contributed by atoms with E-state index in [1.807, 2.05) is 0 Å². The Bertz CT molecular complexity index is 483. The smallest absolute Gasteiger partial charge is 0.0844 e. The lowest BCUT2D eigenvalue weighted by atomic mass is 9.98. The van der Waals surface area contributed by atoms with Crippen LogP contribution in [0, 0.1) is 4.91 Å². The Morgan fingerprint density at radius 2 is 2.57 bits per heavy atom. The highest BCUT2D eigenvalue weighted by molar-refractivity contribution is 5.14. The van der Waals surface area contributed by atoms with Crippen LogP contribution in [-0.2, 0) is 0 Å². The molecule has 0 aromatic carbocycles. The molecule has 2 heterocycles. The lowest BCUT2D eigenvalue weighted by Crippen LogP contribution is -2.28. The molecule has 0 aliphatic carbocycles. The highest BCUT2D eigenvalue weighted by atomic mass is 16.3. The van der Waals surface area contributed by atoms with Crippen LogP contribution in [0.25, 0.3) is 0 Å². The summed E-state index contributed by atoms with van der Waals surface area (Å²) in [5.74, 6) is 0. The van der Waals surface area contributed by atoms with Crippen LogP contribution >= 0.6 is 0 Å². The first-order chi connectivity index (χ1) is 8.56. The summed E-state index contributed by atoms with van der Waals surface area (Å²) in [6.07, 6.45) is 1.75. The second-order valence-corrected chi connectivity index (χ2v) is 3.26. The first kappa shape index (κ1) is 5.44. The summed E-state index contributed by atoms with van der Waals surface area (Å²) in [5.41, 5.74) is 0.232. The summed E-state index contributed by atoms with van der Waals surface area (Å²) in [7, 11) is 0. The van der Waals surface area contributed by atoms with Crippen molar-refractivity contribution in [1.29, 1.82) is 0 Å². The molecular formula is C10H13N3O. The van der Waals surface area contributed by atoms with Crippen LogP contribution in [0.2, 0.25) is 0 Å². The minimum atomic E-state index is -0.464. The van der Waals surface area contributed by atoms with Crippen molar-refractivity contribution < 1.29 is 5.48 Å². The van der Waals surface area contributed by atoms with Gasteiger partial charge in [0.15, 0.2) is 0 Å². The van der Waals surface area contributed by atoms with Gasteiger partial charge in [-0.2, -0.15) is 0 Å². The van der Waals surface area contributed by atoms with Gasteiger partial charge in [-0.1, -0.05) is 6.04 Å². The van der Waals surface area contributed by atoms with Crippen LogP contribution in [0.4, 0.5) is 0 Å². The van der Waals surface area contributed by atoms with E-state index in [-0.39, 0.29) is 30.0 Å². The standard InChI is InChI=1S/C10H13N3O/c14-12-13-7-2-1-5-10(13)9-4-3-6-11-8-9/h3-4,6,8,10H,1-2,5,7H2/i3D,4D,6D,8D. The van der Waals surface area contributed by atoms with Crippen molar-refractivity contribution in [2.75, 3.05) is 6.54 Å². The second kappa shape index (κ2) is 4.17. The van der Waals surface area contributed by atoms with E-state index < -0.39 is 6.04 Å². The molecule has 1 aliphatic rings. The van der Waals surface area contributed by atoms with E-state index in [0.29, 0.717) is 13.0 Å². The number of pyridine rings is 1. The fraction of sp³-hybridized carbons (Fsp3) is 0.500. The van der Waals surface area contributed by atoms with Crippen molar-refractivity contribution in [2.45, 2.75) is 25.3 Å². The Labute approximate surface area is 88.5 Å². The van der Waals surface area contributed by atoms with Crippen LogP contribution in [0.15, 0.2) is 29.7 Å². The predicted molar refractivity (Wildman–Crippen MR) is 53.3 cm³/mol. The molecule has 1 aromatic rings. The molecule has 0 saturated carbocycles. The van der Waals surface area contributed by atoms with Gasteiger partial charge in [-0.15, -0.1) is 4.91 Å². The molecule has 1 aliphatic heterocycles. The topological polar surface area (TPSA) is 45.6 Å². The van der Waals surface area contributed by atoms with Gasteiger partial charge >= 0.3 is 0 Å². The zero-order valence-corrected chi connectivity index (χ0v) is 7.66. The molecule has 0 N–H and O–H groups in total.